The number of nitrogens with one attached hydrogen (secondary N) is 1. The van der Waals surface area contributed by atoms with Gasteiger partial charge in [-0.15, -0.1) is 11.3 Å². The molecule has 0 bridgehead atoms. The molecule has 0 amide bonds. The highest BCUT2D eigenvalue weighted by molar-refractivity contribution is 7.09. The van der Waals surface area contributed by atoms with E-state index in [1.54, 1.807) is 30.6 Å². The molecule has 0 aliphatic carbocycles. The van der Waals surface area contributed by atoms with E-state index in [0.29, 0.717) is 5.56 Å². The number of hydrogen-bond acceptors (Lipinski definition) is 4. The maximum atomic E-state index is 9.01. The van der Waals surface area contributed by atoms with Crippen LogP contribution in [0.5, 0.6) is 5.75 Å². The molecule has 1 N–H and O–H groups in total. The van der Waals surface area contributed by atoms with E-state index in [9.17, 15) is 0 Å². The van der Waals surface area contributed by atoms with Gasteiger partial charge in [-0.05, 0) is 23.6 Å². The zero-order valence-corrected chi connectivity index (χ0v) is 10.3. The van der Waals surface area contributed by atoms with Crippen molar-refractivity contribution in [1.29, 1.82) is 5.26 Å². The van der Waals surface area contributed by atoms with Crippen LogP contribution < -0.4 is 10.1 Å². The van der Waals surface area contributed by atoms with E-state index in [1.807, 2.05) is 17.5 Å². The topological polar surface area (TPSA) is 45.0 Å². The fourth-order valence-electron chi connectivity index (χ4n) is 1.49. The average Bonchev–Trinajstić information content (AvgIpc) is 2.89. The highest BCUT2D eigenvalue weighted by Gasteiger charge is 2.04. The van der Waals surface area contributed by atoms with Crippen LogP contribution in [-0.2, 0) is 6.54 Å². The zero-order chi connectivity index (χ0) is 12.1. The number of methoxy groups -OCH3 is 1. The van der Waals surface area contributed by atoms with E-state index in [0.717, 1.165) is 18.0 Å². The molecule has 4 heteroatoms. The molecule has 1 aromatic carbocycles. The summed E-state index contributed by atoms with van der Waals surface area (Å²) in [5.74, 6) is 0.748. The van der Waals surface area contributed by atoms with E-state index < -0.39 is 0 Å². The third-order valence-corrected chi connectivity index (χ3v) is 3.26. The summed E-state index contributed by atoms with van der Waals surface area (Å²) in [5, 5.41) is 14.3. The summed E-state index contributed by atoms with van der Waals surface area (Å²) in [5.41, 5.74) is 1.43. The van der Waals surface area contributed by atoms with E-state index in [4.69, 9.17) is 10.00 Å². The van der Waals surface area contributed by atoms with Crippen molar-refractivity contribution in [2.45, 2.75) is 6.54 Å². The minimum absolute atomic E-state index is 0.627. The van der Waals surface area contributed by atoms with Gasteiger partial charge >= 0.3 is 0 Å². The molecular weight excluding hydrogens is 232 g/mol. The molecular formula is C13H12N2OS. The van der Waals surface area contributed by atoms with Crippen LogP contribution in [0.3, 0.4) is 0 Å². The molecule has 0 atom stereocenters. The number of nitriles is 1. The van der Waals surface area contributed by atoms with Crippen LogP contribution in [0.2, 0.25) is 0 Å². The molecule has 17 heavy (non-hydrogen) atoms. The second kappa shape index (κ2) is 5.37. The van der Waals surface area contributed by atoms with E-state index in [1.165, 1.54) is 4.88 Å². The molecule has 2 aromatic rings. The van der Waals surface area contributed by atoms with Crippen LogP contribution in [-0.4, -0.2) is 7.11 Å². The monoisotopic (exact) mass is 244 g/mol. The average molecular weight is 244 g/mol. The van der Waals surface area contributed by atoms with Gasteiger partial charge in [0, 0.05) is 17.5 Å². The third-order valence-electron chi connectivity index (χ3n) is 2.38. The molecule has 0 fully saturated rings. The Morgan fingerprint density at radius 2 is 2.29 bits per heavy atom. The van der Waals surface area contributed by atoms with Crippen molar-refractivity contribution in [3.05, 3.63) is 46.2 Å². The first-order chi connectivity index (χ1) is 8.33. The lowest BCUT2D eigenvalue weighted by atomic mass is 10.2. The van der Waals surface area contributed by atoms with Crippen molar-refractivity contribution in [1.82, 2.24) is 0 Å². The van der Waals surface area contributed by atoms with Crippen LogP contribution in [0.1, 0.15) is 10.4 Å². The summed E-state index contributed by atoms with van der Waals surface area (Å²) in [6.45, 7) is 0.722. The summed E-state index contributed by atoms with van der Waals surface area (Å²) in [4.78, 5) is 1.23. The molecule has 0 saturated carbocycles. The molecule has 2 rings (SSSR count). The molecule has 1 aromatic heterocycles. The van der Waals surface area contributed by atoms with Crippen LogP contribution in [0.4, 0.5) is 5.69 Å². The Morgan fingerprint density at radius 3 is 2.94 bits per heavy atom. The molecule has 0 aliphatic rings. The first-order valence-electron chi connectivity index (χ1n) is 5.18. The van der Waals surface area contributed by atoms with Gasteiger partial charge in [0.25, 0.3) is 0 Å². The van der Waals surface area contributed by atoms with Gasteiger partial charge in [0.1, 0.15) is 11.8 Å². The summed E-state index contributed by atoms with van der Waals surface area (Å²) >= 11 is 1.69. The maximum absolute atomic E-state index is 9.01. The van der Waals surface area contributed by atoms with E-state index in [-0.39, 0.29) is 0 Å². The van der Waals surface area contributed by atoms with Gasteiger partial charge in [-0.3, -0.25) is 0 Å². The van der Waals surface area contributed by atoms with Crippen molar-refractivity contribution < 1.29 is 4.74 Å². The number of hydrogen-bond donors (Lipinski definition) is 1. The van der Waals surface area contributed by atoms with Crippen molar-refractivity contribution >= 4 is 17.0 Å². The first-order valence-corrected chi connectivity index (χ1v) is 6.06. The van der Waals surface area contributed by atoms with Crippen LogP contribution >= 0.6 is 11.3 Å². The van der Waals surface area contributed by atoms with Gasteiger partial charge in [0.2, 0.25) is 0 Å². The Hall–Kier alpha value is -1.99. The highest BCUT2D eigenvalue weighted by atomic mass is 32.1. The van der Waals surface area contributed by atoms with E-state index >= 15 is 0 Å². The summed E-state index contributed by atoms with van der Waals surface area (Å²) in [6, 6.07) is 11.6. The second-order valence-corrected chi connectivity index (χ2v) is 4.49. The number of rotatable bonds is 4. The Balaban J connectivity index is 2.16. The van der Waals surface area contributed by atoms with Crippen LogP contribution in [0.15, 0.2) is 35.7 Å². The van der Waals surface area contributed by atoms with Crippen molar-refractivity contribution in [3.8, 4) is 11.8 Å². The minimum Gasteiger partial charge on any atom is -0.497 e. The largest absolute Gasteiger partial charge is 0.497 e. The fourth-order valence-corrected chi connectivity index (χ4v) is 2.13. The molecule has 0 saturated heterocycles. The summed E-state index contributed by atoms with van der Waals surface area (Å²) in [6.07, 6.45) is 0. The Kier molecular flexibility index (Phi) is 3.63. The number of ether oxygens (including phenoxy) is 1. The minimum atomic E-state index is 0.627. The van der Waals surface area contributed by atoms with Crippen LogP contribution in [0, 0.1) is 11.3 Å². The Morgan fingerprint density at radius 1 is 1.41 bits per heavy atom. The predicted octanol–water partition coefficient (Wildman–Crippen LogP) is 3.24. The molecule has 0 spiro atoms. The fraction of sp³-hybridized carbons (Fsp3) is 0.154. The maximum Gasteiger partial charge on any atom is 0.121 e. The standard InChI is InChI=1S/C13H12N2OS/c1-16-11-5-4-10(8-14)13(7-11)15-9-12-3-2-6-17-12/h2-7,15H,9H2,1H3. The lowest BCUT2D eigenvalue weighted by Crippen LogP contribution is -2.00. The van der Waals surface area contributed by atoms with Gasteiger partial charge < -0.3 is 10.1 Å². The molecule has 1 heterocycles. The second-order valence-electron chi connectivity index (χ2n) is 3.46. The van der Waals surface area contributed by atoms with E-state index in [2.05, 4.69) is 17.5 Å². The number of thiophene rings is 1. The molecule has 0 radical (unpaired) electrons. The first kappa shape index (κ1) is 11.5. The number of nitrogens with zero attached hydrogens (tertiary/aromatic N) is 1. The third kappa shape index (κ3) is 2.77. The number of anilines is 1. The van der Waals surface area contributed by atoms with Gasteiger partial charge in [0.15, 0.2) is 0 Å². The van der Waals surface area contributed by atoms with Crippen molar-refractivity contribution in [3.63, 3.8) is 0 Å². The normalized spacial score (nSPS) is 9.65. The smallest absolute Gasteiger partial charge is 0.121 e. The Bertz CT molecular complexity index is 529. The number of benzene rings is 1. The van der Waals surface area contributed by atoms with Crippen molar-refractivity contribution in [2.24, 2.45) is 0 Å². The SMILES string of the molecule is COc1ccc(C#N)c(NCc2cccs2)c1. The molecule has 0 unspecified atom stereocenters. The zero-order valence-electron chi connectivity index (χ0n) is 9.43. The van der Waals surface area contributed by atoms with Gasteiger partial charge in [-0.1, -0.05) is 6.07 Å². The lowest BCUT2D eigenvalue weighted by Gasteiger charge is -2.08. The quantitative estimate of drug-likeness (QED) is 0.898. The summed E-state index contributed by atoms with van der Waals surface area (Å²) in [7, 11) is 1.62. The van der Waals surface area contributed by atoms with Crippen molar-refractivity contribution in [2.75, 3.05) is 12.4 Å². The molecule has 0 aliphatic heterocycles. The lowest BCUT2D eigenvalue weighted by molar-refractivity contribution is 0.415. The molecule has 3 nitrogen and oxygen atoms in total. The predicted molar refractivity (Wildman–Crippen MR) is 69.4 cm³/mol. The van der Waals surface area contributed by atoms with Crippen LogP contribution in [0.25, 0.3) is 0 Å². The Labute approximate surface area is 104 Å². The highest BCUT2D eigenvalue weighted by Crippen LogP contribution is 2.23. The summed E-state index contributed by atoms with van der Waals surface area (Å²) < 4.78 is 5.14. The van der Waals surface area contributed by atoms with Gasteiger partial charge in [0.05, 0.1) is 18.4 Å². The van der Waals surface area contributed by atoms with Gasteiger partial charge in [-0.2, -0.15) is 5.26 Å². The van der Waals surface area contributed by atoms with Gasteiger partial charge in [-0.25, -0.2) is 0 Å². The molecule has 86 valence electrons.